The lowest BCUT2D eigenvalue weighted by Crippen LogP contribution is -2.57. The molecule has 0 spiro atoms. The Bertz CT molecular complexity index is 467. The third-order valence-corrected chi connectivity index (χ3v) is 4.35. The number of rotatable bonds is 3. The molecule has 0 heterocycles. The maximum Gasteiger partial charge on any atom is 0.251 e. The SMILES string of the molecule is CC(C)(O)C(C)(C)NC(=O)c1ccc(Cl)c(Br)c1. The molecule has 0 saturated carbocycles. The van der Waals surface area contributed by atoms with E-state index in [2.05, 4.69) is 21.2 Å². The number of aliphatic hydroxyl groups is 1. The highest BCUT2D eigenvalue weighted by molar-refractivity contribution is 9.10. The molecule has 2 N–H and O–H groups in total. The molecule has 18 heavy (non-hydrogen) atoms. The van der Waals surface area contributed by atoms with Crippen LogP contribution in [0, 0.1) is 0 Å². The second-order valence-corrected chi connectivity index (χ2v) is 6.53. The first-order chi connectivity index (χ1) is 8.04. The van der Waals surface area contributed by atoms with Crippen LogP contribution in [0.2, 0.25) is 5.02 Å². The van der Waals surface area contributed by atoms with Gasteiger partial charge in [0.2, 0.25) is 0 Å². The van der Waals surface area contributed by atoms with Gasteiger partial charge in [0.15, 0.2) is 0 Å². The number of amides is 1. The molecule has 1 amide bonds. The minimum atomic E-state index is -1.02. The summed E-state index contributed by atoms with van der Waals surface area (Å²) in [5.74, 6) is -0.250. The molecule has 0 atom stereocenters. The summed E-state index contributed by atoms with van der Waals surface area (Å²) in [4.78, 5) is 12.1. The summed E-state index contributed by atoms with van der Waals surface area (Å²) < 4.78 is 0.665. The second-order valence-electron chi connectivity index (χ2n) is 5.27. The summed E-state index contributed by atoms with van der Waals surface area (Å²) in [6.07, 6.45) is 0. The monoisotopic (exact) mass is 333 g/mol. The van der Waals surface area contributed by atoms with E-state index < -0.39 is 11.1 Å². The number of benzene rings is 1. The third-order valence-electron chi connectivity index (χ3n) is 3.14. The van der Waals surface area contributed by atoms with Gasteiger partial charge in [0.05, 0.1) is 16.2 Å². The molecule has 0 aromatic heterocycles. The van der Waals surface area contributed by atoms with E-state index in [0.29, 0.717) is 15.1 Å². The average Bonchev–Trinajstić information content (AvgIpc) is 2.19. The summed E-state index contributed by atoms with van der Waals surface area (Å²) in [5.41, 5.74) is -1.27. The van der Waals surface area contributed by atoms with Gasteiger partial charge in [-0.2, -0.15) is 0 Å². The fraction of sp³-hybridized carbons (Fsp3) is 0.462. The van der Waals surface area contributed by atoms with E-state index in [0.717, 1.165) is 0 Å². The Morgan fingerprint density at radius 1 is 1.33 bits per heavy atom. The maximum absolute atomic E-state index is 12.1. The molecule has 0 aliphatic heterocycles. The predicted molar refractivity (Wildman–Crippen MR) is 77.0 cm³/mol. The van der Waals surface area contributed by atoms with Crippen LogP contribution in [0.15, 0.2) is 22.7 Å². The quantitative estimate of drug-likeness (QED) is 0.890. The average molecular weight is 335 g/mol. The highest BCUT2D eigenvalue weighted by Crippen LogP contribution is 2.25. The van der Waals surface area contributed by atoms with Crippen LogP contribution in [0.1, 0.15) is 38.1 Å². The molecule has 100 valence electrons. The number of hydrogen-bond donors (Lipinski definition) is 2. The second kappa shape index (κ2) is 5.19. The van der Waals surface area contributed by atoms with Crippen molar-refractivity contribution in [2.45, 2.75) is 38.8 Å². The number of nitrogens with one attached hydrogen (secondary N) is 1. The molecular formula is C13H17BrClNO2. The first kappa shape index (κ1) is 15.5. The Balaban J connectivity index is 2.93. The summed E-state index contributed by atoms with van der Waals surface area (Å²) in [6.45, 7) is 6.86. The Labute approximate surface area is 121 Å². The molecule has 0 unspecified atom stereocenters. The summed E-state index contributed by atoms with van der Waals surface area (Å²) >= 11 is 9.14. The highest BCUT2D eigenvalue weighted by atomic mass is 79.9. The number of hydrogen-bond acceptors (Lipinski definition) is 2. The van der Waals surface area contributed by atoms with Gasteiger partial charge in [-0.05, 0) is 61.8 Å². The summed E-state index contributed by atoms with van der Waals surface area (Å²) in [5, 5.41) is 13.4. The first-order valence-corrected chi connectivity index (χ1v) is 6.71. The molecule has 1 aromatic carbocycles. The molecule has 0 saturated heterocycles. The molecule has 0 aliphatic rings. The zero-order valence-electron chi connectivity index (χ0n) is 10.8. The van der Waals surface area contributed by atoms with Crippen molar-refractivity contribution < 1.29 is 9.90 Å². The smallest absolute Gasteiger partial charge is 0.251 e. The van der Waals surface area contributed by atoms with Crippen LogP contribution in [-0.4, -0.2) is 22.2 Å². The van der Waals surface area contributed by atoms with Crippen LogP contribution >= 0.6 is 27.5 Å². The number of carbonyl (C=O) groups is 1. The third kappa shape index (κ3) is 3.46. The van der Waals surface area contributed by atoms with Crippen LogP contribution < -0.4 is 5.32 Å². The fourth-order valence-corrected chi connectivity index (χ4v) is 1.64. The van der Waals surface area contributed by atoms with E-state index in [-0.39, 0.29) is 5.91 Å². The van der Waals surface area contributed by atoms with E-state index in [1.807, 2.05) is 0 Å². The number of halogens is 2. The largest absolute Gasteiger partial charge is 0.388 e. The molecule has 1 aromatic rings. The Morgan fingerprint density at radius 3 is 2.33 bits per heavy atom. The Morgan fingerprint density at radius 2 is 1.89 bits per heavy atom. The van der Waals surface area contributed by atoms with Crippen LogP contribution in [0.3, 0.4) is 0 Å². The van der Waals surface area contributed by atoms with Gasteiger partial charge in [0.1, 0.15) is 0 Å². The Kier molecular flexibility index (Phi) is 4.47. The molecule has 0 aliphatic carbocycles. The van der Waals surface area contributed by atoms with Gasteiger partial charge in [-0.25, -0.2) is 0 Å². The zero-order valence-corrected chi connectivity index (χ0v) is 13.2. The maximum atomic E-state index is 12.1. The summed E-state index contributed by atoms with van der Waals surface area (Å²) in [6, 6.07) is 4.94. The summed E-state index contributed by atoms with van der Waals surface area (Å²) in [7, 11) is 0. The van der Waals surface area contributed by atoms with Crippen molar-refractivity contribution in [1.82, 2.24) is 5.32 Å². The molecule has 0 fully saturated rings. The van der Waals surface area contributed by atoms with E-state index >= 15 is 0 Å². The van der Waals surface area contributed by atoms with Gasteiger partial charge in [-0.3, -0.25) is 4.79 Å². The Hall–Kier alpha value is -0.580. The predicted octanol–water partition coefficient (Wildman–Crippen LogP) is 3.38. The standard InChI is InChI=1S/C13H17BrClNO2/c1-12(2,13(3,4)18)16-11(17)8-5-6-10(15)9(14)7-8/h5-7,18H,1-4H3,(H,16,17). The van der Waals surface area contributed by atoms with E-state index in [1.165, 1.54) is 0 Å². The van der Waals surface area contributed by atoms with Crippen LogP contribution in [0.5, 0.6) is 0 Å². The van der Waals surface area contributed by atoms with Crippen LogP contribution in [-0.2, 0) is 0 Å². The van der Waals surface area contributed by atoms with Crippen molar-refractivity contribution >= 4 is 33.4 Å². The van der Waals surface area contributed by atoms with E-state index in [4.69, 9.17) is 11.6 Å². The highest BCUT2D eigenvalue weighted by Gasteiger charge is 2.36. The molecule has 1 rings (SSSR count). The van der Waals surface area contributed by atoms with Gasteiger partial charge in [-0.1, -0.05) is 11.6 Å². The molecule has 0 radical (unpaired) electrons. The molecule has 5 heteroatoms. The topological polar surface area (TPSA) is 49.3 Å². The normalized spacial score (nSPS) is 12.4. The number of carbonyl (C=O) groups excluding carboxylic acids is 1. The van der Waals surface area contributed by atoms with Crippen LogP contribution in [0.25, 0.3) is 0 Å². The van der Waals surface area contributed by atoms with Gasteiger partial charge in [-0.15, -0.1) is 0 Å². The van der Waals surface area contributed by atoms with E-state index in [9.17, 15) is 9.90 Å². The first-order valence-electron chi connectivity index (χ1n) is 5.54. The van der Waals surface area contributed by atoms with Crippen molar-refractivity contribution in [2.24, 2.45) is 0 Å². The van der Waals surface area contributed by atoms with Crippen LogP contribution in [0.4, 0.5) is 0 Å². The minimum absolute atomic E-state index is 0.250. The van der Waals surface area contributed by atoms with Gasteiger partial charge < -0.3 is 10.4 Å². The minimum Gasteiger partial charge on any atom is -0.388 e. The van der Waals surface area contributed by atoms with E-state index in [1.54, 1.807) is 45.9 Å². The molecule has 3 nitrogen and oxygen atoms in total. The van der Waals surface area contributed by atoms with Crippen molar-refractivity contribution in [3.63, 3.8) is 0 Å². The van der Waals surface area contributed by atoms with Gasteiger partial charge >= 0.3 is 0 Å². The lowest BCUT2D eigenvalue weighted by Gasteiger charge is -2.38. The van der Waals surface area contributed by atoms with Crippen molar-refractivity contribution in [3.8, 4) is 0 Å². The molecule has 0 bridgehead atoms. The van der Waals surface area contributed by atoms with Gasteiger partial charge in [0.25, 0.3) is 5.91 Å². The lowest BCUT2D eigenvalue weighted by molar-refractivity contribution is -0.00292. The van der Waals surface area contributed by atoms with Crippen molar-refractivity contribution in [2.75, 3.05) is 0 Å². The fourth-order valence-electron chi connectivity index (χ4n) is 1.15. The molecular weight excluding hydrogens is 318 g/mol. The zero-order chi connectivity index (χ0) is 14.1. The van der Waals surface area contributed by atoms with Crippen molar-refractivity contribution in [1.29, 1.82) is 0 Å². The van der Waals surface area contributed by atoms with Crippen molar-refractivity contribution in [3.05, 3.63) is 33.3 Å². The lowest BCUT2D eigenvalue weighted by atomic mass is 9.86. The van der Waals surface area contributed by atoms with Gasteiger partial charge in [0, 0.05) is 10.0 Å².